The number of methoxy groups -OCH3 is 1. The predicted molar refractivity (Wildman–Crippen MR) is 117 cm³/mol. The number of aromatic hydroxyl groups is 1. The highest BCUT2D eigenvalue weighted by molar-refractivity contribution is 7.13. The molecule has 4 rings (SSSR count). The van der Waals surface area contributed by atoms with Crippen molar-refractivity contribution in [3.63, 3.8) is 0 Å². The smallest absolute Gasteiger partial charge is 0.257 e. The Morgan fingerprint density at radius 2 is 1.97 bits per heavy atom. The lowest BCUT2D eigenvalue weighted by Crippen LogP contribution is -2.26. The zero-order chi connectivity index (χ0) is 21.1. The third-order valence-corrected chi connectivity index (χ3v) is 5.63. The average molecular weight is 420 g/mol. The fraction of sp³-hybridized carbons (Fsp3) is 0.130. The molecule has 0 spiro atoms. The molecule has 2 heterocycles. The molecule has 0 fully saturated rings. The summed E-state index contributed by atoms with van der Waals surface area (Å²) in [5.74, 6) is 0.142. The zero-order valence-electron chi connectivity index (χ0n) is 16.6. The lowest BCUT2D eigenvalue weighted by atomic mass is 10.1. The summed E-state index contributed by atoms with van der Waals surface area (Å²) < 4.78 is 7.01. The van der Waals surface area contributed by atoms with Gasteiger partial charge in [0.2, 0.25) is 0 Å². The van der Waals surface area contributed by atoms with Crippen LogP contribution in [-0.4, -0.2) is 39.9 Å². The van der Waals surface area contributed by atoms with Crippen molar-refractivity contribution in [1.82, 2.24) is 14.7 Å². The van der Waals surface area contributed by atoms with Crippen molar-refractivity contribution in [2.45, 2.75) is 6.54 Å². The zero-order valence-corrected chi connectivity index (χ0v) is 17.5. The van der Waals surface area contributed by atoms with Gasteiger partial charge in [-0.1, -0.05) is 24.3 Å². The van der Waals surface area contributed by atoms with E-state index in [1.165, 1.54) is 13.2 Å². The molecule has 0 bridgehead atoms. The van der Waals surface area contributed by atoms with E-state index in [2.05, 4.69) is 0 Å². The maximum absolute atomic E-state index is 13.0. The minimum absolute atomic E-state index is 0.0777. The van der Waals surface area contributed by atoms with E-state index < -0.39 is 0 Å². The normalized spacial score (nSPS) is 10.7. The molecule has 1 amide bonds. The number of hydrogen-bond acceptors (Lipinski definition) is 5. The first-order valence-corrected chi connectivity index (χ1v) is 10.2. The number of para-hydroxylation sites is 1. The van der Waals surface area contributed by atoms with Gasteiger partial charge >= 0.3 is 0 Å². The second kappa shape index (κ2) is 8.42. The van der Waals surface area contributed by atoms with E-state index in [0.29, 0.717) is 12.3 Å². The lowest BCUT2D eigenvalue weighted by Gasteiger charge is -2.18. The average Bonchev–Trinajstić information content (AvgIpc) is 3.44. The second-order valence-electron chi connectivity index (χ2n) is 6.80. The number of carbonyl (C=O) groups excluding carboxylic acids is 1. The Morgan fingerprint density at radius 1 is 1.17 bits per heavy atom. The van der Waals surface area contributed by atoms with Crippen LogP contribution < -0.4 is 4.74 Å². The first-order valence-electron chi connectivity index (χ1n) is 9.37. The molecular formula is C23H21N3O3S. The predicted octanol–water partition coefficient (Wildman–Crippen LogP) is 4.59. The van der Waals surface area contributed by atoms with Crippen molar-refractivity contribution >= 4 is 17.2 Å². The molecule has 30 heavy (non-hydrogen) atoms. The number of hydrogen-bond donors (Lipinski definition) is 1. The molecule has 6 nitrogen and oxygen atoms in total. The highest BCUT2D eigenvalue weighted by Crippen LogP contribution is 2.30. The molecule has 0 atom stereocenters. The maximum Gasteiger partial charge on any atom is 0.257 e. The minimum Gasteiger partial charge on any atom is -0.507 e. The van der Waals surface area contributed by atoms with Gasteiger partial charge in [0, 0.05) is 25.4 Å². The molecule has 4 aromatic rings. The van der Waals surface area contributed by atoms with Gasteiger partial charge in [-0.3, -0.25) is 4.79 Å². The first kappa shape index (κ1) is 19.7. The number of amides is 1. The van der Waals surface area contributed by atoms with Crippen molar-refractivity contribution in [2.24, 2.45) is 0 Å². The maximum atomic E-state index is 13.0. The molecule has 0 aliphatic carbocycles. The van der Waals surface area contributed by atoms with E-state index in [4.69, 9.17) is 9.84 Å². The number of phenols is 1. The Balaban J connectivity index is 1.67. The quantitative estimate of drug-likeness (QED) is 0.496. The molecule has 1 N–H and O–H groups in total. The highest BCUT2D eigenvalue weighted by Gasteiger charge is 2.20. The molecule has 0 saturated heterocycles. The summed E-state index contributed by atoms with van der Waals surface area (Å²) in [6.07, 6.45) is 1.94. The van der Waals surface area contributed by atoms with E-state index in [9.17, 15) is 9.90 Å². The number of rotatable bonds is 6. The Morgan fingerprint density at radius 3 is 2.67 bits per heavy atom. The van der Waals surface area contributed by atoms with Crippen LogP contribution >= 0.6 is 11.3 Å². The van der Waals surface area contributed by atoms with Crippen molar-refractivity contribution in [3.8, 4) is 27.8 Å². The van der Waals surface area contributed by atoms with Gasteiger partial charge in [-0.05, 0) is 41.8 Å². The van der Waals surface area contributed by atoms with Gasteiger partial charge in [-0.2, -0.15) is 5.10 Å². The Kier molecular flexibility index (Phi) is 5.54. The lowest BCUT2D eigenvalue weighted by molar-refractivity contribution is 0.0782. The summed E-state index contributed by atoms with van der Waals surface area (Å²) in [6, 6.07) is 18.5. The van der Waals surface area contributed by atoms with Crippen LogP contribution in [0.2, 0.25) is 0 Å². The molecule has 0 aliphatic rings. The highest BCUT2D eigenvalue weighted by atomic mass is 32.1. The summed E-state index contributed by atoms with van der Waals surface area (Å²) in [6.45, 7) is 0.343. The number of carbonyl (C=O) groups is 1. The van der Waals surface area contributed by atoms with E-state index in [0.717, 1.165) is 21.8 Å². The van der Waals surface area contributed by atoms with E-state index >= 15 is 0 Å². The summed E-state index contributed by atoms with van der Waals surface area (Å²) in [5, 5.41) is 16.9. The van der Waals surface area contributed by atoms with E-state index in [1.54, 1.807) is 35.4 Å². The van der Waals surface area contributed by atoms with Crippen molar-refractivity contribution < 1.29 is 14.6 Å². The summed E-state index contributed by atoms with van der Waals surface area (Å²) in [7, 11) is 3.23. The SMILES string of the molecule is COc1ccc(O)c(C(=O)N(C)Cc2cn(-c3ccccc3)nc2-c2cccs2)c1. The fourth-order valence-electron chi connectivity index (χ4n) is 3.21. The van der Waals surface area contributed by atoms with Crippen LogP contribution in [0.4, 0.5) is 0 Å². The third-order valence-electron chi connectivity index (χ3n) is 4.75. The molecule has 2 aromatic carbocycles. The largest absolute Gasteiger partial charge is 0.507 e. The monoisotopic (exact) mass is 419 g/mol. The van der Waals surface area contributed by atoms with Gasteiger partial charge in [-0.25, -0.2) is 4.68 Å². The van der Waals surface area contributed by atoms with Gasteiger partial charge in [0.25, 0.3) is 5.91 Å². The van der Waals surface area contributed by atoms with E-state index in [1.807, 2.05) is 58.7 Å². The minimum atomic E-state index is -0.295. The summed E-state index contributed by atoms with van der Waals surface area (Å²) in [4.78, 5) is 15.6. The van der Waals surface area contributed by atoms with Crippen molar-refractivity contribution in [1.29, 1.82) is 0 Å². The van der Waals surface area contributed by atoms with Gasteiger partial charge < -0.3 is 14.7 Å². The number of aromatic nitrogens is 2. The van der Waals surface area contributed by atoms with Crippen molar-refractivity contribution in [2.75, 3.05) is 14.2 Å². The second-order valence-corrected chi connectivity index (χ2v) is 7.75. The number of nitrogens with zero attached hydrogens (tertiary/aromatic N) is 3. The molecule has 0 unspecified atom stereocenters. The molecule has 0 aliphatic heterocycles. The van der Waals surface area contributed by atoms with Crippen LogP contribution in [0.3, 0.4) is 0 Å². The van der Waals surface area contributed by atoms with Crippen LogP contribution in [0, 0.1) is 0 Å². The number of thiophene rings is 1. The van der Waals surface area contributed by atoms with Gasteiger partial charge in [0.05, 0.1) is 23.2 Å². The Hall–Kier alpha value is -3.58. The molecule has 0 radical (unpaired) electrons. The number of phenolic OH excluding ortho intramolecular Hbond substituents is 1. The van der Waals surface area contributed by atoms with Gasteiger partial charge in [-0.15, -0.1) is 11.3 Å². The third kappa shape index (κ3) is 3.92. The topological polar surface area (TPSA) is 67.6 Å². The van der Waals surface area contributed by atoms with Crippen molar-refractivity contribution in [3.05, 3.63) is 83.4 Å². The number of benzene rings is 2. The molecule has 2 aromatic heterocycles. The number of ether oxygens (including phenoxy) is 1. The van der Waals surface area contributed by atoms with Crippen LogP contribution in [-0.2, 0) is 6.54 Å². The Bertz CT molecular complexity index is 1150. The molecule has 152 valence electrons. The fourth-order valence-corrected chi connectivity index (χ4v) is 3.95. The molecule has 0 saturated carbocycles. The van der Waals surface area contributed by atoms with Crippen LogP contribution in [0.1, 0.15) is 15.9 Å². The van der Waals surface area contributed by atoms with Crippen LogP contribution in [0.15, 0.2) is 72.2 Å². The van der Waals surface area contributed by atoms with E-state index in [-0.39, 0.29) is 17.2 Å². The first-order chi connectivity index (χ1) is 14.6. The molecular weight excluding hydrogens is 398 g/mol. The van der Waals surface area contributed by atoms with Gasteiger partial charge in [0.15, 0.2) is 0 Å². The standard InChI is InChI=1S/C23H21N3O3S/c1-25(23(28)19-13-18(29-2)10-11-20(19)27)14-16-15-26(17-7-4-3-5-8-17)24-22(16)21-9-6-12-30-21/h3-13,15,27H,14H2,1-2H3. The summed E-state index contributed by atoms with van der Waals surface area (Å²) in [5.41, 5.74) is 2.90. The molecule has 7 heteroatoms. The van der Waals surface area contributed by atoms with Crippen LogP contribution in [0.25, 0.3) is 16.3 Å². The Labute approximate surface area is 178 Å². The summed E-state index contributed by atoms with van der Waals surface area (Å²) >= 11 is 1.60. The van der Waals surface area contributed by atoms with Crippen LogP contribution in [0.5, 0.6) is 11.5 Å². The van der Waals surface area contributed by atoms with Gasteiger partial charge in [0.1, 0.15) is 17.2 Å².